The van der Waals surface area contributed by atoms with Crippen LogP contribution in [0.2, 0.25) is 0 Å². The first-order chi connectivity index (χ1) is 11.6. The molecule has 0 fully saturated rings. The van der Waals surface area contributed by atoms with Crippen LogP contribution < -0.4 is 16.4 Å². The lowest BCUT2D eigenvalue weighted by molar-refractivity contribution is -0.384. The molecule has 0 amide bonds. The summed E-state index contributed by atoms with van der Waals surface area (Å²) in [6.45, 7) is -0.524. The predicted octanol–water partition coefficient (Wildman–Crippen LogP) is -0.214. The summed E-state index contributed by atoms with van der Waals surface area (Å²) in [6.07, 6.45) is 0. The zero-order valence-corrected chi connectivity index (χ0v) is 15.0. The van der Waals surface area contributed by atoms with E-state index < -0.39 is 29.4 Å². The number of H-pyrrole nitrogens is 2. The van der Waals surface area contributed by atoms with Crippen LogP contribution in [-0.4, -0.2) is 44.2 Å². The van der Waals surface area contributed by atoms with Crippen molar-refractivity contribution in [3.8, 4) is 0 Å². The Morgan fingerprint density at radius 2 is 1.92 bits per heavy atom. The molecule has 0 aliphatic heterocycles. The minimum atomic E-state index is -4.54. The van der Waals surface area contributed by atoms with Gasteiger partial charge in [0.05, 0.1) is 22.6 Å². The maximum absolute atomic E-state index is 11.5. The molecule has 1 aromatic heterocycles. The number of non-ortho nitro benzene ring substituents is 1. The van der Waals surface area contributed by atoms with Crippen LogP contribution in [0.1, 0.15) is 5.56 Å². The standard InChI is InChI=1S/C12H15N4O8P.ClH/c1-24-5-9(25(21,22)23)13-4-6-2-7(16(19)20)3-8-10(6)15-12(18)11(17)14-8;/h2-3,9,13H,4-5H2,1H3,(H,14,17)(H,15,18)(H2,21,22,23);1H. The summed E-state index contributed by atoms with van der Waals surface area (Å²) in [5, 5.41) is 13.6. The van der Waals surface area contributed by atoms with Crippen molar-refractivity contribution >= 4 is 36.7 Å². The van der Waals surface area contributed by atoms with E-state index in [1.54, 1.807) is 0 Å². The third-order valence-corrected chi connectivity index (χ3v) is 4.51. The molecule has 0 aliphatic carbocycles. The topological polar surface area (TPSA) is 188 Å². The fourth-order valence-corrected chi connectivity index (χ4v) is 2.86. The number of aromatic nitrogens is 2. The third kappa shape index (κ3) is 4.97. The largest absolute Gasteiger partial charge is 0.382 e. The van der Waals surface area contributed by atoms with Crippen molar-refractivity contribution < 1.29 is 24.0 Å². The van der Waals surface area contributed by atoms with Crippen LogP contribution in [-0.2, 0) is 15.8 Å². The highest BCUT2D eigenvalue weighted by Gasteiger charge is 2.28. The van der Waals surface area contributed by atoms with Crippen molar-refractivity contribution in [2.45, 2.75) is 12.3 Å². The average Bonchev–Trinajstić information content (AvgIpc) is 2.51. The van der Waals surface area contributed by atoms with Gasteiger partial charge in [0.1, 0.15) is 5.78 Å². The van der Waals surface area contributed by atoms with Gasteiger partial charge in [0.15, 0.2) is 0 Å². The number of aromatic amines is 2. The Hall–Kier alpha value is -2.08. The fourth-order valence-electron chi connectivity index (χ4n) is 2.19. The number of rotatable bonds is 7. The molecule has 14 heteroatoms. The first kappa shape index (κ1) is 22.0. The Kier molecular flexibility index (Phi) is 7.21. The number of methoxy groups -OCH3 is 1. The molecule has 26 heavy (non-hydrogen) atoms. The van der Waals surface area contributed by atoms with Crippen LogP contribution >= 0.6 is 20.0 Å². The van der Waals surface area contributed by atoms with Gasteiger partial charge in [-0.1, -0.05) is 0 Å². The number of halogens is 1. The number of nitro groups is 1. The van der Waals surface area contributed by atoms with E-state index in [2.05, 4.69) is 15.3 Å². The maximum Gasteiger partial charge on any atom is 0.344 e. The van der Waals surface area contributed by atoms with Crippen molar-refractivity contribution in [3.05, 3.63) is 48.5 Å². The van der Waals surface area contributed by atoms with Gasteiger partial charge in [0.25, 0.3) is 5.69 Å². The summed E-state index contributed by atoms with van der Waals surface area (Å²) in [7, 11) is -3.28. The lowest BCUT2D eigenvalue weighted by Crippen LogP contribution is -2.33. The SMILES string of the molecule is COCC(NCc1cc([N+](=O)[O-])cc2[nH]c(=O)c(=O)[nH]c12)P(=O)(O)O.Cl. The molecule has 0 spiro atoms. The summed E-state index contributed by atoms with van der Waals surface area (Å²) in [5.74, 6) is -1.35. The normalized spacial score (nSPS) is 12.6. The number of ether oxygens (including phenoxy) is 1. The van der Waals surface area contributed by atoms with Crippen LogP contribution in [0.3, 0.4) is 0 Å². The summed E-state index contributed by atoms with van der Waals surface area (Å²) in [5.41, 5.74) is -1.97. The molecule has 0 bridgehead atoms. The molecule has 0 saturated carbocycles. The van der Waals surface area contributed by atoms with E-state index in [0.717, 1.165) is 12.1 Å². The highest BCUT2D eigenvalue weighted by Crippen LogP contribution is 2.39. The second-order valence-corrected chi connectivity index (χ2v) is 6.94. The van der Waals surface area contributed by atoms with Crippen LogP contribution in [0.25, 0.3) is 11.0 Å². The zero-order valence-electron chi connectivity index (χ0n) is 13.3. The van der Waals surface area contributed by atoms with Gasteiger partial charge in [0.2, 0.25) is 0 Å². The van der Waals surface area contributed by atoms with E-state index >= 15 is 0 Å². The molecule has 1 atom stereocenters. The predicted molar refractivity (Wildman–Crippen MR) is 93.6 cm³/mol. The van der Waals surface area contributed by atoms with Crippen molar-refractivity contribution in [3.63, 3.8) is 0 Å². The highest BCUT2D eigenvalue weighted by atomic mass is 35.5. The van der Waals surface area contributed by atoms with E-state index in [-0.39, 0.29) is 47.8 Å². The van der Waals surface area contributed by atoms with E-state index in [1.807, 2.05) is 0 Å². The maximum atomic E-state index is 11.5. The molecule has 0 radical (unpaired) electrons. The number of nitrogens with zero attached hydrogens (tertiary/aromatic N) is 1. The van der Waals surface area contributed by atoms with Gasteiger partial charge in [0, 0.05) is 25.8 Å². The monoisotopic (exact) mass is 410 g/mol. The van der Waals surface area contributed by atoms with Crippen molar-refractivity contribution in [1.29, 1.82) is 0 Å². The average molecular weight is 411 g/mol. The summed E-state index contributed by atoms with van der Waals surface area (Å²) in [6, 6.07) is 2.21. The Morgan fingerprint density at radius 3 is 2.46 bits per heavy atom. The van der Waals surface area contributed by atoms with E-state index in [0.29, 0.717) is 0 Å². The number of hydrogen-bond acceptors (Lipinski definition) is 7. The molecular formula is C12H16ClN4O8P. The molecule has 1 heterocycles. The van der Waals surface area contributed by atoms with Crippen LogP contribution in [0, 0.1) is 10.1 Å². The minimum absolute atomic E-state index is 0. The molecule has 0 aliphatic rings. The summed E-state index contributed by atoms with van der Waals surface area (Å²) in [4.78, 5) is 56.3. The summed E-state index contributed by atoms with van der Waals surface area (Å²) >= 11 is 0. The number of hydrogen-bond donors (Lipinski definition) is 5. The molecule has 2 aromatic rings. The molecule has 144 valence electrons. The second kappa shape index (κ2) is 8.54. The van der Waals surface area contributed by atoms with E-state index in [1.165, 1.54) is 7.11 Å². The minimum Gasteiger partial charge on any atom is -0.382 e. The fraction of sp³-hybridized carbons (Fsp3) is 0.333. The summed E-state index contributed by atoms with van der Waals surface area (Å²) < 4.78 is 16.2. The quantitative estimate of drug-likeness (QED) is 0.178. The molecular weight excluding hydrogens is 395 g/mol. The van der Waals surface area contributed by atoms with Gasteiger partial charge in [-0.25, -0.2) is 0 Å². The Labute approximate surface area is 151 Å². The van der Waals surface area contributed by atoms with Gasteiger partial charge in [-0.05, 0) is 5.56 Å². The zero-order chi connectivity index (χ0) is 18.8. The molecule has 2 rings (SSSR count). The Morgan fingerprint density at radius 1 is 1.31 bits per heavy atom. The van der Waals surface area contributed by atoms with Gasteiger partial charge in [-0.15, -0.1) is 12.4 Å². The van der Waals surface area contributed by atoms with Crippen molar-refractivity contribution in [2.24, 2.45) is 0 Å². The third-order valence-electron chi connectivity index (χ3n) is 3.37. The van der Waals surface area contributed by atoms with Crippen molar-refractivity contribution in [2.75, 3.05) is 13.7 Å². The van der Waals surface area contributed by atoms with E-state index in [4.69, 9.17) is 4.74 Å². The van der Waals surface area contributed by atoms with Gasteiger partial charge >= 0.3 is 18.7 Å². The Balaban J connectivity index is 0.00000338. The Bertz CT molecular complexity index is 968. The lowest BCUT2D eigenvalue weighted by Gasteiger charge is -2.19. The lowest BCUT2D eigenvalue weighted by atomic mass is 10.1. The molecule has 0 saturated heterocycles. The number of nitrogens with one attached hydrogen (secondary N) is 3. The number of benzene rings is 1. The van der Waals surface area contributed by atoms with Gasteiger partial charge < -0.3 is 24.5 Å². The van der Waals surface area contributed by atoms with E-state index in [9.17, 15) is 34.1 Å². The highest BCUT2D eigenvalue weighted by molar-refractivity contribution is 7.52. The molecule has 5 N–H and O–H groups in total. The smallest absolute Gasteiger partial charge is 0.344 e. The van der Waals surface area contributed by atoms with Crippen LogP contribution in [0.15, 0.2) is 21.7 Å². The van der Waals surface area contributed by atoms with Crippen LogP contribution in [0.4, 0.5) is 5.69 Å². The van der Waals surface area contributed by atoms with Crippen LogP contribution in [0.5, 0.6) is 0 Å². The second-order valence-electron chi connectivity index (χ2n) is 5.13. The molecule has 12 nitrogen and oxygen atoms in total. The molecule has 1 aromatic carbocycles. The molecule has 1 unspecified atom stereocenters. The number of nitro benzene ring substituents is 1. The van der Waals surface area contributed by atoms with Crippen molar-refractivity contribution in [1.82, 2.24) is 15.3 Å². The van der Waals surface area contributed by atoms with Gasteiger partial charge in [-0.2, -0.15) is 0 Å². The first-order valence-electron chi connectivity index (χ1n) is 6.84. The number of fused-ring (bicyclic) bond motifs is 1. The van der Waals surface area contributed by atoms with Gasteiger partial charge in [-0.3, -0.25) is 29.6 Å². The first-order valence-corrected chi connectivity index (χ1v) is 8.52.